The van der Waals surface area contributed by atoms with Crippen molar-refractivity contribution < 1.29 is 14.3 Å². The Kier molecular flexibility index (Phi) is 6.22. The second-order valence-electron chi connectivity index (χ2n) is 5.03. The van der Waals surface area contributed by atoms with Gasteiger partial charge in [-0.25, -0.2) is 0 Å². The van der Waals surface area contributed by atoms with Crippen LogP contribution in [0.4, 0.5) is 5.13 Å². The minimum Gasteiger partial charge on any atom is -0.427 e. The van der Waals surface area contributed by atoms with Gasteiger partial charge in [0, 0.05) is 18.9 Å². The monoisotopic (exact) mass is 333 g/mol. The predicted molar refractivity (Wildman–Crippen MR) is 88.8 cm³/mol. The zero-order valence-electron chi connectivity index (χ0n) is 13.2. The number of unbranched alkanes of at least 4 members (excludes halogenated alkanes) is 2. The number of rotatable bonds is 7. The van der Waals surface area contributed by atoms with E-state index in [0.29, 0.717) is 16.4 Å². The summed E-state index contributed by atoms with van der Waals surface area (Å²) in [6, 6.07) is 6.34. The van der Waals surface area contributed by atoms with Gasteiger partial charge in [0.25, 0.3) is 5.91 Å². The van der Waals surface area contributed by atoms with Crippen LogP contribution in [0.25, 0.3) is 0 Å². The Morgan fingerprint density at radius 1 is 1.17 bits per heavy atom. The minimum atomic E-state index is -0.397. The van der Waals surface area contributed by atoms with Crippen LogP contribution in [0.15, 0.2) is 24.3 Å². The molecule has 0 aliphatic carbocycles. The van der Waals surface area contributed by atoms with Gasteiger partial charge in [-0.1, -0.05) is 31.1 Å². The van der Waals surface area contributed by atoms with Crippen molar-refractivity contribution in [2.24, 2.45) is 0 Å². The van der Waals surface area contributed by atoms with E-state index in [1.807, 2.05) is 0 Å². The van der Waals surface area contributed by atoms with Crippen molar-refractivity contribution in [2.75, 3.05) is 5.32 Å². The number of amides is 1. The number of esters is 1. The Bertz CT molecular complexity index is 667. The highest BCUT2D eigenvalue weighted by molar-refractivity contribution is 7.15. The zero-order chi connectivity index (χ0) is 16.7. The van der Waals surface area contributed by atoms with Crippen LogP contribution in [-0.2, 0) is 11.2 Å². The summed E-state index contributed by atoms with van der Waals surface area (Å²) in [5, 5.41) is 12.2. The van der Waals surface area contributed by atoms with Crippen molar-refractivity contribution in [3.05, 3.63) is 34.8 Å². The molecule has 7 heteroatoms. The molecule has 0 fully saturated rings. The normalized spacial score (nSPS) is 10.3. The third-order valence-corrected chi connectivity index (χ3v) is 3.96. The minimum absolute atomic E-state index is 0.268. The van der Waals surface area contributed by atoms with Crippen LogP contribution in [0.3, 0.4) is 0 Å². The molecule has 0 spiro atoms. The predicted octanol–water partition coefficient (Wildman–Crippen LogP) is 3.45. The number of nitrogens with one attached hydrogen (secondary N) is 1. The van der Waals surface area contributed by atoms with E-state index in [1.54, 1.807) is 24.3 Å². The van der Waals surface area contributed by atoms with Gasteiger partial charge in [-0.3, -0.25) is 14.9 Å². The first-order valence-corrected chi connectivity index (χ1v) is 8.32. The van der Waals surface area contributed by atoms with Gasteiger partial charge in [-0.05, 0) is 30.7 Å². The average Bonchev–Trinajstić information content (AvgIpc) is 2.95. The highest BCUT2D eigenvalue weighted by Crippen LogP contribution is 2.19. The van der Waals surface area contributed by atoms with Gasteiger partial charge in [-0.2, -0.15) is 0 Å². The van der Waals surface area contributed by atoms with Crippen LogP contribution in [-0.4, -0.2) is 22.1 Å². The maximum atomic E-state index is 12.1. The molecular weight excluding hydrogens is 314 g/mol. The quantitative estimate of drug-likeness (QED) is 0.477. The molecule has 0 aliphatic heterocycles. The van der Waals surface area contributed by atoms with Crippen molar-refractivity contribution in [2.45, 2.75) is 39.5 Å². The van der Waals surface area contributed by atoms with E-state index in [0.717, 1.165) is 30.7 Å². The van der Waals surface area contributed by atoms with E-state index < -0.39 is 5.97 Å². The number of carbonyl (C=O) groups is 2. The zero-order valence-corrected chi connectivity index (χ0v) is 14.0. The Balaban J connectivity index is 1.92. The third-order valence-electron chi connectivity index (χ3n) is 3.06. The molecule has 6 nitrogen and oxygen atoms in total. The van der Waals surface area contributed by atoms with Crippen LogP contribution in [0.2, 0.25) is 0 Å². The molecular formula is C16H19N3O3S. The molecule has 0 aliphatic rings. The number of ether oxygens (including phenoxy) is 1. The van der Waals surface area contributed by atoms with Gasteiger partial charge in [0.2, 0.25) is 5.13 Å². The fraction of sp³-hybridized carbons (Fsp3) is 0.375. The molecule has 1 amide bonds. The van der Waals surface area contributed by atoms with Crippen molar-refractivity contribution in [1.82, 2.24) is 10.2 Å². The van der Waals surface area contributed by atoms with E-state index in [9.17, 15) is 9.59 Å². The number of aryl methyl sites for hydroxylation is 1. The molecule has 2 aromatic rings. The van der Waals surface area contributed by atoms with E-state index in [4.69, 9.17) is 4.74 Å². The van der Waals surface area contributed by atoms with E-state index in [-0.39, 0.29) is 5.91 Å². The van der Waals surface area contributed by atoms with Crippen LogP contribution in [0.1, 0.15) is 48.5 Å². The molecule has 0 saturated carbocycles. The Morgan fingerprint density at radius 3 is 2.57 bits per heavy atom. The molecule has 1 N–H and O–H groups in total. The fourth-order valence-electron chi connectivity index (χ4n) is 1.94. The summed E-state index contributed by atoms with van der Waals surface area (Å²) >= 11 is 1.39. The lowest BCUT2D eigenvalue weighted by molar-refractivity contribution is -0.131. The van der Waals surface area contributed by atoms with Crippen molar-refractivity contribution in [1.29, 1.82) is 0 Å². The maximum absolute atomic E-state index is 12.1. The highest BCUT2D eigenvalue weighted by Gasteiger charge is 2.10. The van der Waals surface area contributed by atoms with Crippen molar-refractivity contribution >= 4 is 28.3 Å². The van der Waals surface area contributed by atoms with Gasteiger partial charge >= 0.3 is 5.97 Å². The van der Waals surface area contributed by atoms with Crippen LogP contribution in [0, 0.1) is 0 Å². The first kappa shape index (κ1) is 17.1. The summed E-state index contributed by atoms with van der Waals surface area (Å²) < 4.78 is 4.93. The molecule has 0 radical (unpaired) electrons. The molecule has 2 rings (SSSR count). The van der Waals surface area contributed by atoms with E-state index in [1.165, 1.54) is 18.3 Å². The topological polar surface area (TPSA) is 81.2 Å². The molecule has 1 heterocycles. The molecule has 0 bridgehead atoms. The van der Waals surface area contributed by atoms with E-state index >= 15 is 0 Å². The molecule has 1 aromatic heterocycles. The highest BCUT2D eigenvalue weighted by atomic mass is 32.1. The second kappa shape index (κ2) is 8.38. The number of hydrogen-bond acceptors (Lipinski definition) is 6. The molecule has 0 atom stereocenters. The summed E-state index contributed by atoms with van der Waals surface area (Å²) in [6.45, 7) is 3.48. The van der Waals surface area contributed by atoms with Crippen molar-refractivity contribution in [3.8, 4) is 5.75 Å². The molecule has 0 saturated heterocycles. The summed E-state index contributed by atoms with van der Waals surface area (Å²) in [5.74, 6) is -0.259. The first-order chi connectivity index (χ1) is 11.1. The Morgan fingerprint density at radius 2 is 1.91 bits per heavy atom. The lowest BCUT2D eigenvalue weighted by Gasteiger charge is -2.03. The van der Waals surface area contributed by atoms with Crippen LogP contribution in [0.5, 0.6) is 5.75 Å². The van der Waals surface area contributed by atoms with Crippen molar-refractivity contribution in [3.63, 3.8) is 0 Å². The van der Waals surface area contributed by atoms with Gasteiger partial charge in [0.15, 0.2) is 0 Å². The van der Waals surface area contributed by atoms with Gasteiger partial charge < -0.3 is 4.74 Å². The standard InChI is InChI=1S/C16H19N3O3S/c1-3-4-5-6-14-18-19-16(23-14)17-15(21)12-7-9-13(10-8-12)22-11(2)20/h7-10H,3-6H2,1-2H3,(H,17,19,21). The molecule has 23 heavy (non-hydrogen) atoms. The summed E-state index contributed by atoms with van der Waals surface area (Å²) in [5.41, 5.74) is 0.462. The second-order valence-corrected chi connectivity index (χ2v) is 6.09. The number of hydrogen-bond donors (Lipinski definition) is 1. The maximum Gasteiger partial charge on any atom is 0.308 e. The molecule has 122 valence electrons. The summed E-state index contributed by atoms with van der Waals surface area (Å²) in [4.78, 5) is 23.0. The summed E-state index contributed by atoms with van der Waals surface area (Å²) in [7, 11) is 0. The Labute approximate surface area is 138 Å². The lowest BCUT2D eigenvalue weighted by atomic mass is 10.2. The van der Waals surface area contributed by atoms with E-state index in [2.05, 4.69) is 22.4 Å². The van der Waals surface area contributed by atoms with Gasteiger partial charge in [0.1, 0.15) is 10.8 Å². The first-order valence-electron chi connectivity index (χ1n) is 7.50. The average molecular weight is 333 g/mol. The smallest absolute Gasteiger partial charge is 0.308 e. The molecule has 0 unspecified atom stereocenters. The van der Waals surface area contributed by atoms with Crippen LogP contribution >= 0.6 is 11.3 Å². The number of benzene rings is 1. The van der Waals surface area contributed by atoms with Gasteiger partial charge in [0.05, 0.1) is 0 Å². The summed E-state index contributed by atoms with van der Waals surface area (Å²) in [6.07, 6.45) is 4.29. The third kappa shape index (κ3) is 5.45. The fourth-order valence-corrected chi connectivity index (χ4v) is 2.72. The van der Waals surface area contributed by atoms with Gasteiger partial charge in [-0.15, -0.1) is 10.2 Å². The number of anilines is 1. The number of aromatic nitrogens is 2. The molecule has 1 aromatic carbocycles. The SMILES string of the molecule is CCCCCc1nnc(NC(=O)c2ccc(OC(C)=O)cc2)s1. The largest absolute Gasteiger partial charge is 0.427 e. The number of nitrogens with zero attached hydrogens (tertiary/aromatic N) is 2. The Hall–Kier alpha value is -2.28. The lowest BCUT2D eigenvalue weighted by Crippen LogP contribution is -2.11. The van der Waals surface area contributed by atoms with Crippen LogP contribution < -0.4 is 10.1 Å². The number of carbonyl (C=O) groups excluding carboxylic acids is 2.